The lowest BCUT2D eigenvalue weighted by Crippen LogP contribution is -2.36. The van der Waals surface area contributed by atoms with E-state index in [-0.39, 0.29) is 18.3 Å². The molecule has 0 radical (unpaired) electrons. The van der Waals surface area contributed by atoms with Crippen molar-refractivity contribution in [3.63, 3.8) is 0 Å². The molecule has 5 nitrogen and oxygen atoms in total. The van der Waals surface area contributed by atoms with Crippen molar-refractivity contribution in [2.75, 3.05) is 20.2 Å². The minimum atomic E-state index is -0.307. The number of carbonyl (C=O) groups is 2. The van der Waals surface area contributed by atoms with Crippen LogP contribution in [0.15, 0.2) is 60.8 Å². The van der Waals surface area contributed by atoms with E-state index in [1.54, 1.807) is 4.90 Å². The lowest BCUT2D eigenvalue weighted by molar-refractivity contribution is -0.140. The fourth-order valence-corrected chi connectivity index (χ4v) is 3.54. The van der Waals surface area contributed by atoms with Crippen molar-refractivity contribution in [2.45, 2.75) is 26.8 Å². The number of amides is 1. The molecule has 1 heterocycles. The summed E-state index contributed by atoms with van der Waals surface area (Å²) < 4.78 is 6.87. The Morgan fingerprint density at radius 3 is 2.41 bits per heavy atom. The van der Waals surface area contributed by atoms with E-state index in [2.05, 4.69) is 30.5 Å². The normalized spacial score (nSPS) is 11.0. The van der Waals surface area contributed by atoms with Gasteiger partial charge in [0.15, 0.2) is 0 Å². The van der Waals surface area contributed by atoms with Crippen molar-refractivity contribution in [1.82, 2.24) is 9.47 Å². The first-order chi connectivity index (χ1) is 14.0. The van der Waals surface area contributed by atoms with E-state index in [4.69, 9.17) is 4.74 Å². The maximum Gasteiger partial charge on any atom is 0.307 e. The third-order valence-electron chi connectivity index (χ3n) is 4.90. The van der Waals surface area contributed by atoms with Gasteiger partial charge in [-0.15, -0.1) is 0 Å². The topological polar surface area (TPSA) is 51.5 Å². The molecule has 0 unspecified atom stereocenters. The molecule has 152 valence electrons. The van der Waals surface area contributed by atoms with Crippen LogP contribution in [-0.4, -0.2) is 41.5 Å². The molecule has 1 amide bonds. The molecule has 0 saturated heterocycles. The first kappa shape index (κ1) is 20.6. The van der Waals surface area contributed by atoms with Gasteiger partial charge in [-0.25, -0.2) is 0 Å². The number of nitrogens with zero attached hydrogens (tertiary/aromatic N) is 2. The van der Waals surface area contributed by atoms with Gasteiger partial charge in [0, 0.05) is 36.7 Å². The van der Waals surface area contributed by atoms with E-state index in [9.17, 15) is 9.59 Å². The Bertz CT molecular complexity index is 976. The number of ether oxygens (including phenoxy) is 1. The minimum Gasteiger partial charge on any atom is -0.469 e. The van der Waals surface area contributed by atoms with Crippen LogP contribution >= 0.6 is 0 Å². The molecule has 0 N–H and O–H groups in total. The summed E-state index contributed by atoms with van der Waals surface area (Å²) >= 11 is 0. The van der Waals surface area contributed by atoms with Gasteiger partial charge in [0.05, 0.1) is 19.1 Å². The average molecular weight is 392 g/mol. The van der Waals surface area contributed by atoms with E-state index < -0.39 is 0 Å². The summed E-state index contributed by atoms with van der Waals surface area (Å²) in [6.45, 7) is 5.77. The molecule has 0 aliphatic rings. The highest BCUT2D eigenvalue weighted by Crippen LogP contribution is 2.24. The van der Waals surface area contributed by atoms with Gasteiger partial charge in [-0.2, -0.15) is 0 Å². The van der Waals surface area contributed by atoms with Gasteiger partial charge in [-0.3, -0.25) is 9.59 Å². The van der Waals surface area contributed by atoms with Gasteiger partial charge >= 0.3 is 5.97 Å². The predicted molar refractivity (Wildman–Crippen MR) is 115 cm³/mol. The van der Waals surface area contributed by atoms with Crippen LogP contribution in [-0.2, 0) is 16.1 Å². The van der Waals surface area contributed by atoms with Crippen LogP contribution < -0.4 is 0 Å². The highest BCUT2D eigenvalue weighted by atomic mass is 16.5. The van der Waals surface area contributed by atoms with E-state index in [1.165, 1.54) is 12.7 Å². The second kappa shape index (κ2) is 9.41. The van der Waals surface area contributed by atoms with Crippen LogP contribution in [0.1, 0.15) is 36.2 Å². The molecule has 1 aromatic heterocycles. The SMILES string of the molecule is COC(=O)CCN(CC(C)C)C(=O)c1cn(Cc2ccccc2)c2ccccc12. The maximum absolute atomic E-state index is 13.4. The monoisotopic (exact) mass is 392 g/mol. The second-order valence-electron chi connectivity index (χ2n) is 7.64. The summed E-state index contributed by atoms with van der Waals surface area (Å²) in [4.78, 5) is 26.8. The standard InChI is InChI=1S/C24H28N2O3/c1-18(2)15-25(14-13-23(27)29-3)24(28)21-17-26(16-19-9-5-4-6-10-19)22-12-8-7-11-20(21)22/h4-12,17-18H,13-16H2,1-3H3. The van der Waals surface area contributed by atoms with E-state index in [1.807, 2.05) is 48.7 Å². The van der Waals surface area contributed by atoms with Crippen LogP contribution in [0.5, 0.6) is 0 Å². The number of hydrogen-bond acceptors (Lipinski definition) is 3. The molecule has 0 atom stereocenters. The maximum atomic E-state index is 13.4. The number of para-hydroxylation sites is 1. The fourth-order valence-electron chi connectivity index (χ4n) is 3.54. The van der Waals surface area contributed by atoms with Crippen molar-refractivity contribution < 1.29 is 14.3 Å². The van der Waals surface area contributed by atoms with Crippen LogP contribution in [0.2, 0.25) is 0 Å². The summed E-state index contributed by atoms with van der Waals surface area (Å²) in [5.41, 5.74) is 2.87. The van der Waals surface area contributed by atoms with Crippen LogP contribution in [0.4, 0.5) is 0 Å². The van der Waals surface area contributed by atoms with Crippen LogP contribution in [0.25, 0.3) is 10.9 Å². The van der Waals surface area contributed by atoms with Crippen LogP contribution in [0, 0.1) is 5.92 Å². The first-order valence-corrected chi connectivity index (χ1v) is 9.97. The number of hydrogen-bond donors (Lipinski definition) is 0. The van der Waals surface area contributed by atoms with Gasteiger partial charge in [-0.05, 0) is 17.5 Å². The third kappa shape index (κ3) is 5.05. The molecule has 5 heteroatoms. The highest BCUT2D eigenvalue weighted by Gasteiger charge is 2.22. The van der Waals surface area contributed by atoms with Gasteiger partial charge in [0.1, 0.15) is 0 Å². The number of methoxy groups -OCH3 is 1. The average Bonchev–Trinajstić information content (AvgIpc) is 3.09. The molecule has 3 aromatic rings. The molecule has 0 aliphatic carbocycles. The van der Waals surface area contributed by atoms with E-state index in [0.29, 0.717) is 31.1 Å². The number of rotatable bonds is 8. The van der Waals surface area contributed by atoms with Gasteiger partial charge < -0.3 is 14.2 Å². The second-order valence-corrected chi connectivity index (χ2v) is 7.64. The number of aromatic nitrogens is 1. The molecular formula is C24H28N2O3. The van der Waals surface area contributed by atoms with Gasteiger partial charge in [-0.1, -0.05) is 62.4 Å². The molecule has 2 aromatic carbocycles. The quantitative estimate of drug-likeness (QED) is 0.536. The minimum absolute atomic E-state index is 0.0504. The molecule has 0 spiro atoms. The number of esters is 1. The van der Waals surface area contributed by atoms with Crippen molar-refractivity contribution >= 4 is 22.8 Å². The van der Waals surface area contributed by atoms with Crippen LogP contribution in [0.3, 0.4) is 0 Å². The zero-order valence-corrected chi connectivity index (χ0v) is 17.3. The summed E-state index contributed by atoms with van der Waals surface area (Å²) in [5, 5.41) is 0.931. The molecule has 0 aliphatic heterocycles. The molecule has 3 rings (SSSR count). The smallest absolute Gasteiger partial charge is 0.307 e. The Labute approximate surface area is 171 Å². The van der Waals surface area contributed by atoms with Gasteiger partial charge in [0.2, 0.25) is 0 Å². The largest absolute Gasteiger partial charge is 0.469 e. The number of carbonyl (C=O) groups excluding carboxylic acids is 2. The van der Waals surface area contributed by atoms with Crippen molar-refractivity contribution in [2.24, 2.45) is 5.92 Å². The zero-order chi connectivity index (χ0) is 20.8. The Morgan fingerprint density at radius 2 is 1.72 bits per heavy atom. The van der Waals surface area contributed by atoms with E-state index >= 15 is 0 Å². The van der Waals surface area contributed by atoms with Crippen molar-refractivity contribution in [3.05, 3.63) is 71.9 Å². The molecule has 0 bridgehead atoms. The Kier molecular flexibility index (Phi) is 6.70. The number of benzene rings is 2. The summed E-state index contributed by atoms with van der Waals surface area (Å²) in [6.07, 6.45) is 2.13. The summed E-state index contributed by atoms with van der Waals surface area (Å²) in [6, 6.07) is 18.2. The lowest BCUT2D eigenvalue weighted by atomic mass is 10.1. The zero-order valence-electron chi connectivity index (χ0n) is 17.3. The predicted octanol–water partition coefficient (Wildman–Crippen LogP) is 4.35. The lowest BCUT2D eigenvalue weighted by Gasteiger charge is -2.24. The van der Waals surface area contributed by atoms with Crippen molar-refractivity contribution in [1.29, 1.82) is 0 Å². The van der Waals surface area contributed by atoms with Gasteiger partial charge in [0.25, 0.3) is 5.91 Å². The molecular weight excluding hydrogens is 364 g/mol. The summed E-state index contributed by atoms with van der Waals surface area (Å²) in [7, 11) is 1.37. The first-order valence-electron chi connectivity index (χ1n) is 9.97. The molecule has 0 fully saturated rings. The number of fused-ring (bicyclic) bond motifs is 1. The Balaban J connectivity index is 1.94. The molecule has 29 heavy (non-hydrogen) atoms. The van der Waals surface area contributed by atoms with Crippen molar-refractivity contribution in [3.8, 4) is 0 Å². The molecule has 0 saturated carbocycles. The fraction of sp³-hybridized carbons (Fsp3) is 0.333. The highest BCUT2D eigenvalue weighted by molar-refractivity contribution is 6.07. The summed E-state index contributed by atoms with van der Waals surface area (Å²) in [5.74, 6) is -0.0575. The Hall–Kier alpha value is -3.08. The van der Waals surface area contributed by atoms with E-state index in [0.717, 1.165) is 10.9 Å². The Morgan fingerprint density at radius 1 is 1.03 bits per heavy atom. The third-order valence-corrected chi connectivity index (χ3v) is 4.90.